The van der Waals surface area contributed by atoms with Crippen molar-refractivity contribution in [1.82, 2.24) is 0 Å². The molecular formula is C18H22O4. The molecule has 0 aromatic heterocycles. The summed E-state index contributed by atoms with van der Waals surface area (Å²) in [7, 11) is 0. The average Bonchev–Trinajstić information content (AvgIpc) is 2.49. The molecule has 1 atom stereocenters. The van der Waals surface area contributed by atoms with Crippen molar-refractivity contribution in [2.75, 3.05) is 0 Å². The van der Waals surface area contributed by atoms with Crippen LogP contribution in [0.1, 0.15) is 45.1 Å². The number of rotatable bonds is 8. The first-order chi connectivity index (χ1) is 10.6. The first-order valence-electron chi connectivity index (χ1n) is 7.51. The summed E-state index contributed by atoms with van der Waals surface area (Å²) in [4.78, 5) is 23.2. The third-order valence-corrected chi connectivity index (χ3v) is 3.02. The zero-order chi connectivity index (χ0) is 16.4. The van der Waals surface area contributed by atoms with Crippen LogP contribution in [0, 0.1) is 12.3 Å². The van der Waals surface area contributed by atoms with Gasteiger partial charge in [-0.15, -0.1) is 6.42 Å². The van der Waals surface area contributed by atoms with Crippen molar-refractivity contribution in [2.45, 2.75) is 52.1 Å². The Morgan fingerprint density at radius 2 is 1.91 bits per heavy atom. The highest BCUT2D eigenvalue weighted by Gasteiger charge is 2.11. The number of hydrogen-bond acceptors (Lipinski definition) is 4. The van der Waals surface area contributed by atoms with Crippen molar-refractivity contribution in [3.05, 3.63) is 29.8 Å². The van der Waals surface area contributed by atoms with Crippen molar-refractivity contribution in [3.8, 4) is 18.1 Å². The van der Waals surface area contributed by atoms with Crippen LogP contribution in [0.15, 0.2) is 24.3 Å². The lowest BCUT2D eigenvalue weighted by molar-refractivity contribution is -0.146. The van der Waals surface area contributed by atoms with Gasteiger partial charge in [0.05, 0.1) is 0 Å². The van der Waals surface area contributed by atoms with Gasteiger partial charge in [-0.25, -0.2) is 0 Å². The molecule has 0 amide bonds. The lowest BCUT2D eigenvalue weighted by atomic mass is 10.1. The van der Waals surface area contributed by atoms with E-state index in [2.05, 4.69) is 12.8 Å². The van der Waals surface area contributed by atoms with Crippen LogP contribution in [0.5, 0.6) is 5.75 Å². The molecule has 22 heavy (non-hydrogen) atoms. The molecule has 1 aromatic carbocycles. The maximum Gasteiger partial charge on any atom is 0.311 e. The van der Waals surface area contributed by atoms with Crippen molar-refractivity contribution in [3.63, 3.8) is 0 Å². The molecule has 0 bridgehead atoms. The largest absolute Gasteiger partial charge is 0.449 e. The van der Waals surface area contributed by atoms with Crippen molar-refractivity contribution < 1.29 is 19.1 Å². The maximum atomic E-state index is 11.8. The molecule has 0 N–H and O–H groups in total. The van der Waals surface area contributed by atoms with Crippen LogP contribution in [0.3, 0.4) is 0 Å². The van der Waals surface area contributed by atoms with Crippen LogP contribution in [-0.2, 0) is 20.7 Å². The Morgan fingerprint density at radius 3 is 2.59 bits per heavy atom. The molecule has 4 nitrogen and oxygen atoms in total. The fourth-order valence-electron chi connectivity index (χ4n) is 1.92. The Bertz CT molecular complexity index is 542. The summed E-state index contributed by atoms with van der Waals surface area (Å²) in [6.45, 7) is 3.69. The molecule has 0 heterocycles. The first kappa shape index (κ1) is 17.8. The van der Waals surface area contributed by atoms with Gasteiger partial charge in [-0.1, -0.05) is 37.5 Å². The van der Waals surface area contributed by atoms with Gasteiger partial charge in [0.2, 0.25) is 0 Å². The smallest absolute Gasteiger partial charge is 0.311 e. The SMILES string of the molecule is C#CC(C)OC(=O)CCCC(=O)Oc1ccccc1CCC. The van der Waals surface area contributed by atoms with Gasteiger partial charge in [0, 0.05) is 12.8 Å². The molecule has 0 saturated carbocycles. The number of terminal acetylenes is 1. The van der Waals surface area contributed by atoms with Crippen molar-refractivity contribution in [1.29, 1.82) is 0 Å². The lowest BCUT2D eigenvalue weighted by Gasteiger charge is -2.09. The molecule has 0 spiro atoms. The molecule has 0 aliphatic heterocycles. The lowest BCUT2D eigenvalue weighted by Crippen LogP contribution is -2.14. The minimum atomic E-state index is -0.541. The molecule has 1 unspecified atom stereocenters. The molecule has 4 heteroatoms. The highest BCUT2D eigenvalue weighted by Crippen LogP contribution is 2.20. The van der Waals surface area contributed by atoms with E-state index in [0.717, 1.165) is 18.4 Å². The molecule has 1 rings (SSSR count). The summed E-state index contributed by atoms with van der Waals surface area (Å²) in [5.41, 5.74) is 1.01. The molecule has 0 radical (unpaired) electrons. The zero-order valence-corrected chi connectivity index (χ0v) is 13.1. The minimum absolute atomic E-state index is 0.151. The van der Waals surface area contributed by atoms with E-state index in [1.54, 1.807) is 13.0 Å². The average molecular weight is 302 g/mol. The second-order valence-electron chi connectivity index (χ2n) is 4.98. The van der Waals surface area contributed by atoms with E-state index in [1.807, 2.05) is 18.2 Å². The van der Waals surface area contributed by atoms with E-state index >= 15 is 0 Å². The van der Waals surface area contributed by atoms with Gasteiger partial charge < -0.3 is 9.47 Å². The van der Waals surface area contributed by atoms with Crippen LogP contribution in [0.4, 0.5) is 0 Å². The van der Waals surface area contributed by atoms with Crippen LogP contribution < -0.4 is 4.74 Å². The number of carbonyl (C=O) groups excluding carboxylic acids is 2. The molecule has 0 saturated heterocycles. The molecule has 0 aliphatic carbocycles. The normalized spacial score (nSPS) is 11.3. The number of ether oxygens (including phenoxy) is 2. The third-order valence-electron chi connectivity index (χ3n) is 3.02. The van der Waals surface area contributed by atoms with E-state index in [1.165, 1.54) is 0 Å². The van der Waals surface area contributed by atoms with Crippen LogP contribution >= 0.6 is 0 Å². The fraction of sp³-hybridized carbons (Fsp3) is 0.444. The van der Waals surface area contributed by atoms with E-state index in [9.17, 15) is 9.59 Å². The number of aryl methyl sites for hydroxylation is 1. The monoisotopic (exact) mass is 302 g/mol. The Kier molecular flexibility index (Phi) is 7.77. The van der Waals surface area contributed by atoms with Crippen molar-refractivity contribution in [2.24, 2.45) is 0 Å². The third kappa shape index (κ3) is 6.45. The maximum absolute atomic E-state index is 11.8. The second kappa shape index (κ2) is 9.62. The van der Waals surface area contributed by atoms with Crippen LogP contribution in [-0.4, -0.2) is 18.0 Å². The molecule has 118 valence electrons. The number of carbonyl (C=O) groups is 2. The Hall–Kier alpha value is -2.28. The second-order valence-corrected chi connectivity index (χ2v) is 4.98. The fourth-order valence-corrected chi connectivity index (χ4v) is 1.92. The number of hydrogen-bond donors (Lipinski definition) is 0. The highest BCUT2D eigenvalue weighted by molar-refractivity contribution is 5.74. The van der Waals surface area contributed by atoms with Crippen molar-refractivity contribution >= 4 is 11.9 Å². The molecule has 1 aromatic rings. The van der Waals surface area contributed by atoms with Gasteiger partial charge in [-0.3, -0.25) is 9.59 Å². The summed E-state index contributed by atoms with van der Waals surface area (Å²) in [6, 6.07) is 7.49. The Labute approximate surface area is 131 Å². The van der Waals surface area contributed by atoms with Crippen LogP contribution in [0.2, 0.25) is 0 Å². The number of benzene rings is 1. The van der Waals surface area contributed by atoms with E-state index < -0.39 is 12.1 Å². The quantitative estimate of drug-likeness (QED) is 0.420. The molecular weight excluding hydrogens is 280 g/mol. The summed E-state index contributed by atoms with van der Waals surface area (Å²) < 4.78 is 10.3. The van der Waals surface area contributed by atoms with Crippen LogP contribution in [0.25, 0.3) is 0 Å². The number of para-hydroxylation sites is 1. The van der Waals surface area contributed by atoms with E-state index in [4.69, 9.17) is 15.9 Å². The van der Waals surface area contributed by atoms with Gasteiger partial charge >= 0.3 is 11.9 Å². The summed E-state index contributed by atoms with van der Waals surface area (Å²) in [6.07, 6.45) is 7.12. The molecule has 0 fully saturated rings. The van der Waals surface area contributed by atoms with Gasteiger partial charge in [-0.2, -0.15) is 0 Å². The van der Waals surface area contributed by atoms with Gasteiger partial charge in [0.15, 0.2) is 6.10 Å². The zero-order valence-electron chi connectivity index (χ0n) is 13.1. The summed E-state index contributed by atoms with van der Waals surface area (Å²) in [5, 5.41) is 0. The number of esters is 2. The standard InChI is InChI=1S/C18H22O4/c1-4-9-15-10-6-7-11-16(15)22-18(20)13-8-12-17(19)21-14(3)5-2/h2,6-7,10-11,14H,4,8-9,12-13H2,1,3H3. The Morgan fingerprint density at radius 1 is 1.23 bits per heavy atom. The molecule has 0 aliphatic rings. The first-order valence-corrected chi connectivity index (χ1v) is 7.51. The minimum Gasteiger partial charge on any atom is -0.449 e. The predicted octanol–water partition coefficient (Wildman–Crippen LogP) is 3.28. The highest BCUT2D eigenvalue weighted by atomic mass is 16.5. The Balaban J connectivity index is 2.38. The van der Waals surface area contributed by atoms with E-state index in [0.29, 0.717) is 12.2 Å². The van der Waals surface area contributed by atoms with Gasteiger partial charge in [-0.05, 0) is 31.4 Å². The predicted molar refractivity (Wildman–Crippen MR) is 84.3 cm³/mol. The topological polar surface area (TPSA) is 52.6 Å². The summed E-state index contributed by atoms with van der Waals surface area (Å²) >= 11 is 0. The summed E-state index contributed by atoms with van der Waals surface area (Å²) in [5.74, 6) is 2.16. The van der Waals surface area contributed by atoms with E-state index in [-0.39, 0.29) is 18.8 Å². The van der Waals surface area contributed by atoms with Gasteiger partial charge in [0.1, 0.15) is 5.75 Å². The van der Waals surface area contributed by atoms with Gasteiger partial charge in [0.25, 0.3) is 0 Å².